The quantitative estimate of drug-likeness (QED) is 0.655. The van der Waals surface area contributed by atoms with Crippen LogP contribution in [-0.4, -0.2) is 11.9 Å². The van der Waals surface area contributed by atoms with E-state index in [0.717, 1.165) is 0 Å². The third kappa shape index (κ3) is 3.37. The van der Waals surface area contributed by atoms with Crippen LogP contribution in [0.15, 0.2) is 0 Å². The zero-order valence-corrected chi connectivity index (χ0v) is 8.81. The summed E-state index contributed by atoms with van der Waals surface area (Å²) < 4.78 is 0. The van der Waals surface area contributed by atoms with Crippen molar-refractivity contribution >= 4 is 5.91 Å². The van der Waals surface area contributed by atoms with E-state index in [2.05, 4.69) is 12.2 Å². The average Bonchev–Trinajstić information content (AvgIpc) is 2.28. The average molecular weight is 183 g/mol. The number of carbonyl (C=O) groups is 1. The SMILES string of the molecule is CC[C@H]1CCCCC[C@@H]1NC(C)=O. The molecule has 1 amide bonds. The summed E-state index contributed by atoms with van der Waals surface area (Å²) in [6.45, 7) is 3.85. The maximum atomic E-state index is 11.0. The predicted octanol–water partition coefficient (Wildman–Crippen LogP) is 2.48. The van der Waals surface area contributed by atoms with Crippen molar-refractivity contribution in [2.45, 2.75) is 58.4 Å². The Morgan fingerprint density at radius 2 is 2.00 bits per heavy atom. The van der Waals surface area contributed by atoms with Gasteiger partial charge in [-0.15, -0.1) is 0 Å². The minimum Gasteiger partial charge on any atom is -0.353 e. The van der Waals surface area contributed by atoms with Crippen LogP contribution in [0.25, 0.3) is 0 Å². The molecule has 0 saturated heterocycles. The molecule has 0 aliphatic heterocycles. The molecule has 1 saturated carbocycles. The summed E-state index contributed by atoms with van der Waals surface area (Å²) in [7, 11) is 0. The van der Waals surface area contributed by atoms with Gasteiger partial charge in [-0.05, 0) is 18.8 Å². The van der Waals surface area contributed by atoms with E-state index in [0.29, 0.717) is 12.0 Å². The largest absolute Gasteiger partial charge is 0.353 e. The smallest absolute Gasteiger partial charge is 0.217 e. The molecule has 0 unspecified atom stereocenters. The first-order valence-corrected chi connectivity index (χ1v) is 5.51. The van der Waals surface area contributed by atoms with Gasteiger partial charge >= 0.3 is 0 Å². The van der Waals surface area contributed by atoms with E-state index >= 15 is 0 Å². The first-order chi connectivity index (χ1) is 6.24. The van der Waals surface area contributed by atoms with Gasteiger partial charge in [-0.2, -0.15) is 0 Å². The molecular weight excluding hydrogens is 162 g/mol. The molecule has 2 nitrogen and oxygen atoms in total. The minimum absolute atomic E-state index is 0.130. The van der Waals surface area contributed by atoms with Gasteiger partial charge < -0.3 is 5.32 Å². The van der Waals surface area contributed by atoms with Crippen LogP contribution in [0.2, 0.25) is 0 Å². The zero-order valence-electron chi connectivity index (χ0n) is 8.81. The zero-order chi connectivity index (χ0) is 9.68. The highest BCUT2D eigenvalue weighted by atomic mass is 16.1. The lowest BCUT2D eigenvalue weighted by molar-refractivity contribution is -0.120. The first-order valence-electron chi connectivity index (χ1n) is 5.51. The lowest BCUT2D eigenvalue weighted by Crippen LogP contribution is -2.38. The highest BCUT2D eigenvalue weighted by Crippen LogP contribution is 2.25. The maximum absolute atomic E-state index is 11.0. The van der Waals surface area contributed by atoms with Crippen LogP contribution >= 0.6 is 0 Å². The van der Waals surface area contributed by atoms with Gasteiger partial charge in [-0.1, -0.05) is 32.6 Å². The number of nitrogens with one attached hydrogen (secondary N) is 1. The minimum atomic E-state index is 0.130. The Bertz CT molecular complexity index is 167. The highest BCUT2D eigenvalue weighted by Gasteiger charge is 2.22. The van der Waals surface area contributed by atoms with Crippen LogP contribution in [0.4, 0.5) is 0 Å². The van der Waals surface area contributed by atoms with E-state index in [1.165, 1.54) is 38.5 Å². The molecular formula is C11H21NO. The second kappa shape index (κ2) is 5.25. The van der Waals surface area contributed by atoms with Gasteiger partial charge in [0.05, 0.1) is 0 Å². The number of hydrogen-bond donors (Lipinski definition) is 1. The monoisotopic (exact) mass is 183 g/mol. The fourth-order valence-electron chi connectivity index (χ4n) is 2.32. The van der Waals surface area contributed by atoms with Gasteiger partial charge in [-0.25, -0.2) is 0 Å². The van der Waals surface area contributed by atoms with Crippen LogP contribution in [0.1, 0.15) is 52.4 Å². The molecule has 0 bridgehead atoms. The van der Waals surface area contributed by atoms with Crippen molar-refractivity contribution in [2.75, 3.05) is 0 Å². The Morgan fingerprint density at radius 1 is 1.31 bits per heavy atom. The molecule has 0 aromatic rings. The van der Waals surface area contributed by atoms with Crippen molar-refractivity contribution in [3.05, 3.63) is 0 Å². The summed E-state index contributed by atoms with van der Waals surface area (Å²) in [4.78, 5) is 11.0. The standard InChI is InChI=1S/C11H21NO/c1-3-10-7-5-4-6-8-11(10)12-9(2)13/h10-11H,3-8H2,1-2H3,(H,12,13)/t10-,11-/m0/s1. The van der Waals surface area contributed by atoms with Crippen molar-refractivity contribution in [3.63, 3.8) is 0 Å². The van der Waals surface area contributed by atoms with E-state index in [4.69, 9.17) is 0 Å². The molecule has 2 atom stereocenters. The van der Waals surface area contributed by atoms with Crippen LogP contribution < -0.4 is 5.32 Å². The summed E-state index contributed by atoms with van der Waals surface area (Å²) in [5.74, 6) is 0.844. The van der Waals surface area contributed by atoms with E-state index in [1.54, 1.807) is 6.92 Å². The van der Waals surface area contributed by atoms with E-state index < -0.39 is 0 Å². The second-order valence-electron chi connectivity index (χ2n) is 4.11. The summed E-state index contributed by atoms with van der Waals surface area (Å²) in [6.07, 6.45) is 7.63. The second-order valence-corrected chi connectivity index (χ2v) is 4.11. The topological polar surface area (TPSA) is 29.1 Å². The van der Waals surface area contributed by atoms with Gasteiger partial charge in [0.1, 0.15) is 0 Å². The lowest BCUT2D eigenvalue weighted by Gasteiger charge is -2.24. The van der Waals surface area contributed by atoms with E-state index in [9.17, 15) is 4.79 Å². The molecule has 2 heteroatoms. The van der Waals surface area contributed by atoms with Crippen molar-refractivity contribution in [1.29, 1.82) is 0 Å². The molecule has 0 aromatic heterocycles. The summed E-state index contributed by atoms with van der Waals surface area (Å²) in [5.41, 5.74) is 0. The number of rotatable bonds is 2. The molecule has 0 heterocycles. The lowest BCUT2D eigenvalue weighted by atomic mass is 9.92. The van der Waals surface area contributed by atoms with Crippen molar-refractivity contribution in [3.8, 4) is 0 Å². The number of carbonyl (C=O) groups excluding carboxylic acids is 1. The molecule has 1 rings (SSSR count). The molecule has 1 aliphatic carbocycles. The molecule has 76 valence electrons. The van der Waals surface area contributed by atoms with Gasteiger partial charge in [0.15, 0.2) is 0 Å². The predicted molar refractivity (Wildman–Crippen MR) is 54.5 cm³/mol. The first kappa shape index (κ1) is 10.6. The normalized spacial score (nSPS) is 29.4. The van der Waals surface area contributed by atoms with Gasteiger partial charge in [0.2, 0.25) is 5.91 Å². The van der Waals surface area contributed by atoms with Crippen LogP contribution in [0.3, 0.4) is 0 Å². The van der Waals surface area contributed by atoms with Crippen LogP contribution in [-0.2, 0) is 4.79 Å². The summed E-state index contributed by atoms with van der Waals surface area (Å²) >= 11 is 0. The number of amides is 1. The third-order valence-electron chi connectivity index (χ3n) is 3.07. The molecule has 1 aliphatic rings. The molecule has 1 N–H and O–H groups in total. The van der Waals surface area contributed by atoms with Gasteiger partial charge in [0.25, 0.3) is 0 Å². The van der Waals surface area contributed by atoms with Crippen molar-refractivity contribution in [1.82, 2.24) is 5.32 Å². The summed E-state index contributed by atoms with van der Waals surface area (Å²) in [5, 5.41) is 3.08. The summed E-state index contributed by atoms with van der Waals surface area (Å²) in [6, 6.07) is 0.449. The van der Waals surface area contributed by atoms with E-state index in [1.807, 2.05) is 0 Å². The third-order valence-corrected chi connectivity index (χ3v) is 3.07. The Labute approximate surface area is 81.1 Å². The van der Waals surface area contributed by atoms with Gasteiger partial charge in [0, 0.05) is 13.0 Å². The maximum Gasteiger partial charge on any atom is 0.217 e. The molecule has 1 fully saturated rings. The molecule has 0 spiro atoms. The van der Waals surface area contributed by atoms with Crippen LogP contribution in [0.5, 0.6) is 0 Å². The fraction of sp³-hybridized carbons (Fsp3) is 0.909. The Balaban J connectivity index is 2.48. The van der Waals surface area contributed by atoms with Crippen molar-refractivity contribution < 1.29 is 4.79 Å². The Morgan fingerprint density at radius 3 is 2.62 bits per heavy atom. The number of hydrogen-bond acceptors (Lipinski definition) is 1. The molecule has 0 radical (unpaired) electrons. The molecule has 0 aromatic carbocycles. The Hall–Kier alpha value is -0.530. The fourth-order valence-corrected chi connectivity index (χ4v) is 2.32. The van der Waals surface area contributed by atoms with Gasteiger partial charge in [-0.3, -0.25) is 4.79 Å². The molecule has 13 heavy (non-hydrogen) atoms. The highest BCUT2D eigenvalue weighted by molar-refractivity contribution is 5.73. The van der Waals surface area contributed by atoms with E-state index in [-0.39, 0.29) is 5.91 Å². The van der Waals surface area contributed by atoms with Crippen LogP contribution in [0, 0.1) is 5.92 Å². The Kier molecular flexibility index (Phi) is 4.26. The van der Waals surface area contributed by atoms with Crippen molar-refractivity contribution in [2.24, 2.45) is 5.92 Å².